The molecular weight excluding hydrogens is 308 g/mol. The molecule has 0 amide bonds. The Bertz CT molecular complexity index is 705. The van der Waals surface area contributed by atoms with Crippen molar-refractivity contribution >= 4 is 5.71 Å². The van der Waals surface area contributed by atoms with E-state index < -0.39 is 0 Å². The Hall–Kier alpha value is -2.13. The fourth-order valence-corrected chi connectivity index (χ4v) is 5.18. The standard InChI is InChI=1S/C22H26N2O/c1-24(2)22-13-18(16-9-5-3-6-10-16)21(20(15-22)23-25)19(14-22)17-11-7-4-8-12-17/h3-12,18-19,21,25H,13-15H2,1-2H3/b23-20+. The number of rotatable bonds is 3. The molecule has 3 aliphatic carbocycles. The van der Waals surface area contributed by atoms with Crippen molar-refractivity contribution in [1.29, 1.82) is 0 Å². The van der Waals surface area contributed by atoms with Gasteiger partial charge < -0.3 is 10.1 Å². The van der Waals surface area contributed by atoms with Gasteiger partial charge in [-0.25, -0.2) is 0 Å². The zero-order valence-corrected chi connectivity index (χ0v) is 15.0. The third-order valence-electron chi connectivity index (χ3n) is 6.49. The molecule has 25 heavy (non-hydrogen) atoms. The molecule has 0 heterocycles. The number of fused-ring (bicyclic) bond motifs is 3. The van der Waals surface area contributed by atoms with Gasteiger partial charge in [-0.1, -0.05) is 65.8 Å². The van der Waals surface area contributed by atoms with Crippen molar-refractivity contribution in [3.63, 3.8) is 0 Å². The quantitative estimate of drug-likeness (QED) is 0.663. The van der Waals surface area contributed by atoms with Crippen molar-refractivity contribution in [1.82, 2.24) is 4.90 Å². The summed E-state index contributed by atoms with van der Waals surface area (Å²) in [5, 5.41) is 13.6. The Morgan fingerprint density at radius 3 is 1.76 bits per heavy atom. The summed E-state index contributed by atoms with van der Waals surface area (Å²) in [6.45, 7) is 0. The zero-order valence-electron chi connectivity index (χ0n) is 15.0. The minimum atomic E-state index is 0.0529. The van der Waals surface area contributed by atoms with Gasteiger partial charge in [0, 0.05) is 17.9 Å². The third-order valence-corrected chi connectivity index (χ3v) is 6.49. The topological polar surface area (TPSA) is 35.8 Å². The predicted molar refractivity (Wildman–Crippen MR) is 101 cm³/mol. The molecule has 0 saturated heterocycles. The molecule has 2 aromatic carbocycles. The maximum atomic E-state index is 9.81. The van der Waals surface area contributed by atoms with Gasteiger partial charge in [-0.05, 0) is 49.9 Å². The van der Waals surface area contributed by atoms with Crippen LogP contribution in [0.15, 0.2) is 65.8 Å². The van der Waals surface area contributed by atoms with Crippen LogP contribution in [0.3, 0.4) is 0 Å². The van der Waals surface area contributed by atoms with Crippen LogP contribution in [-0.2, 0) is 0 Å². The van der Waals surface area contributed by atoms with E-state index in [0.717, 1.165) is 25.0 Å². The average molecular weight is 334 g/mol. The second-order valence-electron chi connectivity index (χ2n) is 7.86. The molecule has 3 fully saturated rings. The maximum absolute atomic E-state index is 9.81. The first-order valence-electron chi connectivity index (χ1n) is 9.13. The van der Waals surface area contributed by atoms with Gasteiger partial charge in [0.1, 0.15) is 0 Å². The molecule has 5 rings (SSSR count). The summed E-state index contributed by atoms with van der Waals surface area (Å²) >= 11 is 0. The van der Waals surface area contributed by atoms with E-state index in [9.17, 15) is 5.21 Å². The maximum Gasteiger partial charge on any atom is 0.0632 e. The molecular formula is C22H26N2O. The minimum Gasteiger partial charge on any atom is -0.411 e. The molecule has 2 bridgehead atoms. The summed E-state index contributed by atoms with van der Waals surface area (Å²) in [4.78, 5) is 2.36. The Morgan fingerprint density at radius 1 is 0.880 bits per heavy atom. The average Bonchev–Trinajstić information content (AvgIpc) is 2.69. The summed E-state index contributed by atoms with van der Waals surface area (Å²) in [5.41, 5.74) is 3.74. The van der Waals surface area contributed by atoms with Gasteiger partial charge in [0.15, 0.2) is 0 Å². The van der Waals surface area contributed by atoms with Crippen molar-refractivity contribution in [2.24, 2.45) is 11.1 Å². The molecule has 3 heteroatoms. The Balaban J connectivity index is 1.84. The van der Waals surface area contributed by atoms with Gasteiger partial charge in [-0.3, -0.25) is 0 Å². The van der Waals surface area contributed by atoms with Crippen LogP contribution in [0.25, 0.3) is 0 Å². The minimum absolute atomic E-state index is 0.0529. The second kappa shape index (κ2) is 6.30. The zero-order chi connectivity index (χ0) is 17.4. The van der Waals surface area contributed by atoms with E-state index in [1.165, 1.54) is 11.1 Å². The largest absolute Gasteiger partial charge is 0.411 e. The van der Waals surface area contributed by atoms with Gasteiger partial charge in [-0.2, -0.15) is 0 Å². The second-order valence-corrected chi connectivity index (χ2v) is 7.86. The highest BCUT2D eigenvalue weighted by molar-refractivity contribution is 5.91. The summed E-state index contributed by atoms with van der Waals surface area (Å²) < 4.78 is 0. The van der Waals surface area contributed by atoms with E-state index >= 15 is 0 Å². The van der Waals surface area contributed by atoms with Crippen LogP contribution < -0.4 is 0 Å². The fraction of sp³-hybridized carbons (Fsp3) is 0.409. The van der Waals surface area contributed by atoms with Gasteiger partial charge >= 0.3 is 0 Å². The van der Waals surface area contributed by atoms with Crippen LogP contribution in [-0.4, -0.2) is 35.5 Å². The van der Waals surface area contributed by atoms with E-state index in [-0.39, 0.29) is 11.5 Å². The monoisotopic (exact) mass is 334 g/mol. The van der Waals surface area contributed by atoms with Crippen LogP contribution in [0.5, 0.6) is 0 Å². The van der Waals surface area contributed by atoms with Crippen LogP contribution in [0.4, 0.5) is 0 Å². The highest BCUT2D eigenvalue weighted by atomic mass is 16.4. The highest BCUT2D eigenvalue weighted by Gasteiger charge is 2.55. The Labute approximate surface area is 150 Å². The number of oxime groups is 1. The smallest absolute Gasteiger partial charge is 0.0632 e. The lowest BCUT2D eigenvalue weighted by molar-refractivity contribution is 0.0464. The van der Waals surface area contributed by atoms with Crippen molar-refractivity contribution in [3.8, 4) is 0 Å². The van der Waals surface area contributed by atoms with E-state index in [4.69, 9.17) is 0 Å². The Kier molecular flexibility index (Phi) is 4.12. The molecule has 3 saturated carbocycles. The van der Waals surface area contributed by atoms with Crippen molar-refractivity contribution < 1.29 is 5.21 Å². The lowest BCUT2D eigenvalue weighted by Gasteiger charge is -2.57. The fourth-order valence-electron chi connectivity index (χ4n) is 5.18. The molecule has 2 atom stereocenters. The van der Waals surface area contributed by atoms with E-state index in [1.807, 2.05) is 0 Å². The molecule has 0 radical (unpaired) electrons. The van der Waals surface area contributed by atoms with Gasteiger partial charge in [-0.15, -0.1) is 0 Å². The van der Waals surface area contributed by atoms with Crippen molar-refractivity contribution in [3.05, 3.63) is 71.8 Å². The molecule has 2 unspecified atom stereocenters. The van der Waals surface area contributed by atoms with E-state index in [0.29, 0.717) is 11.8 Å². The van der Waals surface area contributed by atoms with E-state index in [1.54, 1.807) is 0 Å². The molecule has 1 N–H and O–H groups in total. The van der Waals surface area contributed by atoms with Crippen LogP contribution in [0.1, 0.15) is 42.2 Å². The van der Waals surface area contributed by atoms with Gasteiger partial charge in [0.05, 0.1) is 5.71 Å². The predicted octanol–water partition coefficient (Wildman–Crippen LogP) is 4.50. The van der Waals surface area contributed by atoms with E-state index in [2.05, 4.69) is 84.8 Å². The molecule has 0 spiro atoms. The number of hydrogen-bond acceptors (Lipinski definition) is 3. The van der Waals surface area contributed by atoms with Crippen molar-refractivity contribution in [2.45, 2.75) is 36.6 Å². The summed E-state index contributed by atoms with van der Waals surface area (Å²) in [6.07, 6.45) is 3.11. The molecule has 3 nitrogen and oxygen atoms in total. The summed E-state index contributed by atoms with van der Waals surface area (Å²) in [6, 6.07) is 21.5. The Morgan fingerprint density at radius 2 is 1.36 bits per heavy atom. The SMILES string of the molecule is CN(C)C12C/C(=N\O)C(C(c3ccccc3)C1)C(c1ccccc1)C2. The molecule has 0 aromatic heterocycles. The molecule has 0 aliphatic heterocycles. The molecule has 130 valence electrons. The molecule has 2 aromatic rings. The lowest BCUT2D eigenvalue weighted by Crippen LogP contribution is -2.59. The van der Waals surface area contributed by atoms with Gasteiger partial charge in [0.2, 0.25) is 0 Å². The molecule has 3 aliphatic rings. The highest BCUT2D eigenvalue weighted by Crippen LogP contribution is 2.58. The number of hydrogen-bond donors (Lipinski definition) is 1. The van der Waals surface area contributed by atoms with Crippen LogP contribution in [0, 0.1) is 5.92 Å². The summed E-state index contributed by atoms with van der Waals surface area (Å²) in [5.74, 6) is 1.06. The number of benzene rings is 2. The normalized spacial score (nSPS) is 33.1. The third kappa shape index (κ3) is 2.67. The van der Waals surface area contributed by atoms with Gasteiger partial charge in [0.25, 0.3) is 0 Å². The first-order valence-corrected chi connectivity index (χ1v) is 9.13. The van der Waals surface area contributed by atoms with Crippen molar-refractivity contribution in [2.75, 3.05) is 14.1 Å². The number of nitrogens with zero attached hydrogens (tertiary/aromatic N) is 2. The lowest BCUT2D eigenvalue weighted by atomic mass is 9.52. The first-order chi connectivity index (χ1) is 12.1. The van der Waals surface area contributed by atoms with Crippen LogP contribution >= 0.6 is 0 Å². The summed E-state index contributed by atoms with van der Waals surface area (Å²) in [7, 11) is 4.34. The first kappa shape index (κ1) is 16.3. The van der Waals surface area contributed by atoms with Crippen LogP contribution in [0.2, 0.25) is 0 Å².